The van der Waals surface area contributed by atoms with E-state index in [0.717, 1.165) is 24.5 Å². The van der Waals surface area contributed by atoms with E-state index in [9.17, 15) is 0 Å². The van der Waals surface area contributed by atoms with Gasteiger partial charge in [0.1, 0.15) is 0 Å². The van der Waals surface area contributed by atoms with E-state index in [4.69, 9.17) is 5.11 Å². The Labute approximate surface area is 88.4 Å². The summed E-state index contributed by atoms with van der Waals surface area (Å²) in [5.41, 5.74) is 1.27. The molecule has 0 spiro atoms. The van der Waals surface area contributed by atoms with Crippen molar-refractivity contribution in [3.8, 4) is 0 Å². The lowest BCUT2D eigenvalue weighted by Crippen LogP contribution is -2.39. The van der Waals surface area contributed by atoms with Gasteiger partial charge < -0.3 is 5.11 Å². The molecule has 4 heteroatoms. The highest BCUT2D eigenvalue weighted by molar-refractivity contribution is 7.11. The molecular weight excluding hydrogens is 196 g/mol. The summed E-state index contributed by atoms with van der Waals surface area (Å²) < 4.78 is 0. The molecule has 0 amide bonds. The fourth-order valence-electron chi connectivity index (χ4n) is 1.84. The van der Waals surface area contributed by atoms with Crippen molar-refractivity contribution in [2.75, 3.05) is 13.2 Å². The van der Waals surface area contributed by atoms with Crippen molar-refractivity contribution in [3.05, 3.63) is 15.6 Å². The van der Waals surface area contributed by atoms with Gasteiger partial charge in [0, 0.05) is 30.4 Å². The van der Waals surface area contributed by atoms with Crippen LogP contribution in [0.1, 0.15) is 22.5 Å². The second-order valence-corrected chi connectivity index (χ2v) is 5.14. The van der Waals surface area contributed by atoms with Crippen molar-refractivity contribution in [2.45, 2.75) is 32.9 Å². The van der Waals surface area contributed by atoms with Crippen LogP contribution in [0.25, 0.3) is 0 Å². The van der Waals surface area contributed by atoms with E-state index in [0.29, 0.717) is 0 Å². The molecule has 0 bridgehead atoms. The largest absolute Gasteiger partial charge is 0.395 e. The predicted molar refractivity (Wildman–Crippen MR) is 57.5 cm³/mol. The first kappa shape index (κ1) is 10.1. The highest BCUT2D eigenvalue weighted by Crippen LogP contribution is 2.25. The topological polar surface area (TPSA) is 36.4 Å². The summed E-state index contributed by atoms with van der Waals surface area (Å²) in [5.74, 6) is 0. The number of aliphatic hydroxyl groups excluding tert-OH is 1. The lowest BCUT2D eigenvalue weighted by Gasteiger charge is -2.30. The van der Waals surface area contributed by atoms with Crippen LogP contribution in [0, 0.1) is 6.92 Å². The fraction of sp³-hybridized carbons (Fsp3) is 0.700. The molecule has 3 nitrogen and oxygen atoms in total. The molecule has 1 aromatic heterocycles. The zero-order chi connectivity index (χ0) is 10.1. The maximum atomic E-state index is 9.09. The third-order valence-corrected chi connectivity index (χ3v) is 3.75. The van der Waals surface area contributed by atoms with Crippen molar-refractivity contribution in [1.29, 1.82) is 0 Å². The number of hydrogen-bond acceptors (Lipinski definition) is 4. The molecule has 14 heavy (non-hydrogen) atoms. The third kappa shape index (κ3) is 1.82. The van der Waals surface area contributed by atoms with Crippen LogP contribution in [0.4, 0.5) is 0 Å². The number of thiazole rings is 1. The minimum absolute atomic E-state index is 0.243. The SMILES string of the molecule is Cc1nc2c(s1)CN(C(C)CO)CC2. The predicted octanol–water partition coefficient (Wildman–Crippen LogP) is 1.19. The molecule has 1 aliphatic rings. The van der Waals surface area contributed by atoms with Crippen LogP contribution in [0.3, 0.4) is 0 Å². The number of aryl methyl sites for hydroxylation is 1. The number of aliphatic hydroxyl groups is 1. The molecule has 1 aromatic rings. The van der Waals surface area contributed by atoms with Gasteiger partial charge >= 0.3 is 0 Å². The smallest absolute Gasteiger partial charge is 0.0900 e. The van der Waals surface area contributed by atoms with Gasteiger partial charge in [0.25, 0.3) is 0 Å². The second-order valence-electron chi connectivity index (χ2n) is 3.85. The number of aromatic nitrogens is 1. The van der Waals surface area contributed by atoms with Gasteiger partial charge in [-0.15, -0.1) is 11.3 Å². The minimum atomic E-state index is 0.243. The Morgan fingerprint density at radius 3 is 3.14 bits per heavy atom. The molecule has 0 radical (unpaired) electrons. The fourth-order valence-corrected chi connectivity index (χ4v) is 2.84. The van der Waals surface area contributed by atoms with Crippen LogP contribution < -0.4 is 0 Å². The number of fused-ring (bicyclic) bond motifs is 1. The zero-order valence-corrected chi connectivity index (χ0v) is 9.47. The highest BCUT2D eigenvalue weighted by Gasteiger charge is 2.22. The molecule has 1 N–H and O–H groups in total. The molecule has 78 valence electrons. The Hall–Kier alpha value is -0.450. The van der Waals surface area contributed by atoms with Crippen LogP contribution in [0.5, 0.6) is 0 Å². The van der Waals surface area contributed by atoms with Crippen molar-refractivity contribution in [1.82, 2.24) is 9.88 Å². The van der Waals surface area contributed by atoms with E-state index < -0.39 is 0 Å². The molecule has 0 aliphatic carbocycles. The van der Waals surface area contributed by atoms with E-state index in [1.165, 1.54) is 10.6 Å². The summed E-state index contributed by atoms with van der Waals surface area (Å²) in [6.45, 7) is 6.36. The summed E-state index contributed by atoms with van der Waals surface area (Å²) in [7, 11) is 0. The van der Waals surface area contributed by atoms with Crippen LogP contribution in [-0.4, -0.2) is 34.2 Å². The summed E-state index contributed by atoms with van der Waals surface area (Å²) in [5, 5.41) is 10.2. The van der Waals surface area contributed by atoms with E-state index in [1.807, 2.05) is 0 Å². The van der Waals surface area contributed by atoms with Crippen LogP contribution in [0.2, 0.25) is 0 Å². The van der Waals surface area contributed by atoms with Gasteiger partial charge in [-0.2, -0.15) is 0 Å². The Kier molecular flexibility index (Phi) is 2.85. The van der Waals surface area contributed by atoms with Crippen molar-refractivity contribution in [3.63, 3.8) is 0 Å². The number of rotatable bonds is 2. The number of hydrogen-bond donors (Lipinski definition) is 1. The van der Waals surface area contributed by atoms with E-state index >= 15 is 0 Å². The first-order valence-electron chi connectivity index (χ1n) is 5.01. The molecule has 1 atom stereocenters. The van der Waals surface area contributed by atoms with Crippen LogP contribution in [0.15, 0.2) is 0 Å². The molecule has 2 rings (SSSR count). The molecule has 1 unspecified atom stereocenters. The number of nitrogens with zero attached hydrogens (tertiary/aromatic N) is 2. The first-order valence-corrected chi connectivity index (χ1v) is 5.82. The summed E-state index contributed by atoms with van der Waals surface area (Å²) in [6.07, 6.45) is 1.03. The standard InChI is InChI=1S/C10H16N2OS/c1-7(6-13)12-4-3-9-10(5-12)14-8(2)11-9/h7,13H,3-6H2,1-2H3. The van der Waals surface area contributed by atoms with Gasteiger partial charge in [0.15, 0.2) is 0 Å². The van der Waals surface area contributed by atoms with E-state index in [-0.39, 0.29) is 12.6 Å². The van der Waals surface area contributed by atoms with Gasteiger partial charge in [-0.25, -0.2) is 4.98 Å². The Morgan fingerprint density at radius 2 is 2.43 bits per heavy atom. The van der Waals surface area contributed by atoms with Crippen LogP contribution >= 0.6 is 11.3 Å². The van der Waals surface area contributed by atoms with Gasteiger partial charge in [0.2, 0.25) is 0 Å². The van der Waals surface area contributed by atoms with E-state index in [2.05, 4.69) is 23.7 Å². The van der Waals surface area contributed by atoms with Gasteiger partial charge in [-0.1, -0.05) is 0 Å². The van der Waals surface area contributed by atoms with Gasteiger partial charge in [-0.3, -0.25) is 4.90 Å². The third-order valence-electron chi connectivity index (χ3n) is 2.76. The normalized spacial score (nSPS) is 19.4. The second kappa shape index (κ2) is 3.96. The molecule has 0 saturated heterocycles. The average Bonchev–Trinajstić information content (AvgIpc) is 2.55. The lowest BCUT2D eigenvalue weighted by atomic mass is 10.1. The zero-order valence-electron chi connectivity index (χ0n) is 8.66. The van der Waals surface area contributed by atoms with Crippen molar-refractivity contribution in [2.24, 2.45) is 0 Å². The minimum Gasteiger partial charge on any atom is -0.395 e. The molecule has 0 fully saturated rings. The summed E-state index contributed by atoms with van der Waals surface area (Å²) in [6, 6.07) is 0.269. The quantitative estimate of drug-likeness (QED) is 0.800. The lowest BCUT2D eigenvalue weighted by molar-refractivity contribution is 0.123. The highest BCUT2D eigenvalue weighted by atomic mass is 32.1. The Morgan fingerprint density at radius 1 is 1.64 bits per heavy atom. The van der Waals surface area contributed by atoms with Crippen molar-refractivity contribution >= 4 is 11.3 Å². The van der Waals surface area contributed by atoms with Gasteiger partial charge in [-0.05, 0) is 13.8 Å². The molecular formula is C10H16N2OS. The maximum Gasteiger partial charge on any atom is 0.0900 e. The summed E-state index contributed by atoms with van der Waals surface area (Å²) >= 11 is 1.79. The Bertz CT molecular complexity index is 324. The molecule has 0 aromatic carbocycles. The molecule has 0 saturated carbocycles. The van der Waals surface area contributed by atoms with Crippen molar-refractivity contribution < 1.29 is 5.11 Å². The van der Waals surface area contributed by atoms with Crippen LogP contribution in [-0.2, 0) is 13.0 Å². The Balaban J connectivity index is 2.12. The average molecular weight is 212 g/mol. The van der Waals surface area contributed by atoms with E-state index in [1.54, 1.807) is 11.3 Å². The molecule has 2 heterocycles. The monoisotopic (exact) mass is 212 g/mol. The maximum absolute atomic E-state index is 9.09. The summed E-state index contributed by atoms with van der Waals surface area (Å²) in [4.78, 5) is 8.20. The van der Waals surface area contributed by atoms with Gasteiger partial charge in [0.05, 0.1) is 17.3 Å². The molecule has 1 aliphatic heterocycles. The first-order chi connectivity index (χ1) is 6.70.